The van der Waals surface area contributed by atoms with Gasteiger partial charge in [0, 0.05) is 5.56 Å². The number of ether oxygens (including phenoxy) is 2. The second-order valence-electron chi connectivity index (χ2n) is 9.80. The van der Waals surface area contributed by atoms with Gasteiger partial charge in [-0.15, -0.1) is 13.2 Å². The van der Waals surface area contributed by atoms with Crippen molar-refractivity contribution in [3.05, 3.63) is 77.4 Å². The normalized spacial score (nSPS) is 18.0. The lowest BCUT2D eigenvalue weighted by molar-refractivity contribution is -0.274. The Morgan fingerprint density at radius 3 is 2.05 bits per heavy atom. The summed E-state index contributed by atoms with van der Waals surface area (Å²) < 4.78 is 76.3. The maximum absolute atomic E-state index is 15.0. The van der Waals surface area contributed by atoms with Crippen molar-refractivity contribution in [1.82, 2.24) is 0 Å². The summed E-state index contributed by atoms with van der Waals surface area (Å²) >= 11 is 0. The SMILES string of the molecule is CCCCC1CCC(c2ccc(-c3cc(C)c(F)c(F)c3Oc3ccc(OC(F)(F)F)cc3)cc2)CC1. The molecule has 0 unspecified atom stereocenters. The van der Waals surface area contributed by atoms with Crippen LogP contribution in [0.2, 0.25) is 0 Å². The van der Waals surface area contributed by atoms with Crippen LogP contribution >= 0.6 is 0 Å². The molecule has 1 saturated carbocycles. The first-order chi connectivity index (χ1) is 17.6. The predicted molar refractivity (Wildman–Crippen MR) is 134 cm³/mol. The molecule has 0 heterocycles. The van der Waals surface area contributed by atoms with Gasteiger partial charge in [0.2, 0.25) is 5.82 Å². The lowest BCUT2D eigenvalue weighted by Crippen LogP contribution is -2.16. The molecule has 1 aliphatic carbocycles. The highest BCUT2D eigenvalue weighted by atomic mass is 19.4. The smallest absolute Gasteiger partial charge is 0.454 e. The molecule has 1 fully saturated rings. The van der Waals surface area contributed by atoms with Crippen molar-refractivity contribution in [1.29, 1.82) is 0 Å². The third-order valence-corrected chi connectivity index (χ3v) is 7.13. The standard InChI is InChI=1S/C30H31F5O2/c1-3-4-5-20-6-8-21(9-7-20)22-10-12-23(13-11-22)26-18-19(2)27(31)28(32)29(26)36-24-14-16-25(17-15-24)37-30(33,34)35/h10-18,20-21H,3-9H2,1-2H3. The van der Waals surface area contributed by atoms with Gasteiger partial charge in [-0.05, 0) is 91.5 Å². The lowest BCUT2D eigenvalue weighted by Gasteiger charge is -2.29. The molecule has 7 heteroatoms. The lowest BCUT2D eigenvalue weighted by atomic mass is 9.77. The number of rotatable bonds is 8. The molecule has 0 N–H and O–H groups in total. The van der Waals surface area contributed by atoms with E-state index in [-0.39, 0.29) is 17.1 Å². The highest BCUT2D eigenvalue weighted by Crippen LogP contribution is 2.41. The molecule has 3 aromatic carbocycles. The fourth-order valence-corrected chi connectivity index (χ4v) is 5.09. The minimum Gasteiger partial charge on any atom is -0.454 e. The van der Waals surface area contributed by atoms with Crippen LogP contribution in [0.5, 0.6) is 17.2 Å². The van der Waals surface area contributed by atoms with Crippen molar-refractivity contribution in [3.63, 3.8) is 0 Å². The Labute approximate surface area is 214 Å². The van der Waals surface area contributed by atoms with Crippen LogP contribution in [0, 0.1) is 24.5 Å². The largest absolute Gasteiger partial charge is 0.573 e. The Kier molecular flexibility index (Phi) is 8.40. The first-order valence-corrected chi connectivity index (χ1v) is 12.8. The van der Waals surface area contributed by atoms with E-state index in [1.807, 2.05) is 24.3 Å². The zero-order chi connectivity index (χ0) is 26.6. The summed E-state index contributed by atoms with van der Waals surface area (Å²) in [5.74, 6) is -1.59. The molecule has 0 spiro atoms. The van der Waals surface area contributed by atoms with Crippen molar-refractivity contribution in [2.24, 2.45) is 5.92 Å². The molecule has 0 amide bonds. The van der Waals surface area contributed by atoms with Gasteiger partial charge in [0.1, 0.15) is 11.5 Å². The van der Waals surface area contributed by atoms with Crippen LogP contribution in [0.3, 0.4) is 0 Å². The van der Waals surface area contributed by atoms with E-state index >= 15 is 4.39 Å². The Hall–Kier alpha value is -3.09. The molecular weight excluding hydrogens is 487 g/mol. The average Bonchev–Trinajstić information content (AvgIpc) is 2.88. The third kappa shape index (κ3) is 6.82. The first-order valence-electron chi connectivity index (χ1n) is 12.8. The minimum atomic E-state index is -4.83. The van der Waals surface area contributed by atoms with Crippen molar-refractivity contribution in [2.75, 3.05) is 0 Å². The van der Waals surface area contributed by atoms with Crippen LogP contribution in [0.4, 0.5) is 22.0 Å². The van der Waals surface area contributed by atoms with E-state index in [4.69, 9.17) is 4.74 Å². The van der Waals surface area contributed by atoms with Crippen molar-refractivity contribution in [3.8, 4) is 28.4 Å². The van der Waals surface area contributed by atoms with Gasteiger partial charge < -0.3 is 9.47 Å². The summed E-state index contributed by atoms with van der Waals surface area (Å²) in [6.45, 7) is 3.70. The number of unbranched alkanes of at least 4 members (excludes halogenated alkanes) is 1. The summed E-state index contributed by atoms with van der Waals surface area (Å²) in [6.07, 6.45) is 3.77. The monoisotopic (exact) mass is 518 g/mol. The van der Waals surface area contributed by atoms with E-state index in [1.54, 1.807) is 0 Å². The van der Waals surface area contributed by atoms with E-state index in [0.29, 0.717) is 17.0 Å². The van der Waals surface area contributed by atoms with Gasteiger partial charge in [-0.25, -0.2) is 4.39 Å². The van der Waals surface area contributed by atoms with Gasteiger partial charge in [-0.2, -0.15) is 4.39 Å². The number of aryl methyl sites for hydroxylation is 1. The van der Waals surface area contributed by atoms with Crippen LogP contribution in [0.25, 0.3) is 11.1 Å². The summed E-state index contributed by atoms with van der Waals surface area (Å²) in [7, 11) is 0. The maximum atomic E-state index is 15.0. The van der Waals surface area contributed by atoms with Crippen molar-refractivity contribution in [2.45, 2.75) is 71.1 Å². The molecule has 0 atom stereocenters. The highest BCUT2D eigenvalue weighted by molar-refractivity contribution is 5.72. The molecule has 1 aliphatic rings. The number of hydrogen-bond donors (Lipinski definition) is 0. The van der Waals surface area contributed by atoms with E-state index in [1.165, 1.54) is 62.8 Å². The quantitative estimate of drug-likeness (QED) is 0.276. The molecule has 0 aliphatic heterocycles. The third-order valence-electron chi connectivity index (χ3n) is 7.13. The zero-order valence-corrected chi connectivity index (χ0v) is 21.0. The number of halogens is 5. The first kappa shape index (κ1) is 27.0. The minimum absolute atomic E-state index is 0.0504. The maximum Gasteiger partial charge on any atom is 0.573 e. The van der Waals surface area contributed by atoms with Gasteiger partial charge in [0.05, 0.1) is 0 Å². The Bertz CT molecular complexity index is 1180. The van der Waals surface area contributed by atoms with Gasteiger partial charge in [-0.1, -0.05) is 50.5 Å². The van der Waals surface area contributed by atoms with E-state index in [9.17, 15) is 17.6 Å². The molecule has 3 aromatic rings. The Morgan fingerprint density at radius 1 is 0.838 bits per heavy atom. The number of hydrogen-bond acceptors (Lipinski definition) is 2. The van der Waals surface area contributed by atoms with Crippen LogP contribution in [-0.2, 0) is 0 Å². The average molecular weight is 519 g/mol. The van der Waals surface area contributed by atoms with E-state index in [2.05, 4.69) is 11.7 Å². The number of benzene rings is 3. The van der Waals surface area contributed by atoms with Gasteiger partial charge >= 0.3 is 6.36 Å². The predicted octanol–water partition coefficient (Wildman–Crippen LogP) is 10.1. The molecular formula is C30H31F5O2. The molecule has 4 rings (SSSR count). The highest BCUT2D eigenvalue weighted by Gasteiger charge is 2.31. The van der Waals surface area contributed by atoms with Crippen LogP contribution in [0.1, 0.15) is 68.9 Å². The van der Waals surface area contributed by atoms with E-state index in [0.717, 1.165) is 30.9 Å². The van der Waals surface area contributed by atoms with Crippen LogP contribution in [0.15, 0.2) is 54.6 Å². The molecule has 0 saturated heterocycles. The molecule has 198 valence electrons. The van der Waals surface area contributed by atoms with Gasteiger partial charge in [0.25, 0.3) is 0 Å². The Balaban J connectivity index is 1.54. The van der Waals surface area contributed by atoms with E-state index < -0.39 is 23.7 Å². The topological polar surface area (TPSA) is 18.5 Å². The molecule has 0 radical (unpaired) electrons. The summed E-state index contributed by atoms with van der Waals surface area (Å²) in [5.41, 5.74) is 2.39. The summed E-state index contributed by atoms with van der Waals surface area (Å²) in [4.78, 5) is 0. The van der Waals surface area contributed by atoms with Crippen LogP contribution < -0.4 is 9.47 Å². The number of alkyl halides is 3. The van der Waals surface area contributed by atoms with Crippen molar-refractivity contribution < 1.29 is 31.4 Å². The second-order valence-corrected chi connectivity index (χ2v) is 9.80. The molecule has 2 nitrogen and oxygen atoms in total. The summed E-state index contributed by atoms with van der Waals surface area (Å²) in [6, 6.07) is 13.9. The van der Waals surface area contributed by atoms with Gasteiger partial charge in [-0.3, -0.25) is 0 Å². The fourth-order valence-electron chi connectivity index (χ4n) is 5.09. The van der Waals surface area contributed by atoms with Crippen LogP contribution in [-0.4, -0.2) is 6.36 Å². The second kappa shape index (κ2) is 11.5. The molecule has 0 aromatic heterocycles. The summed E-state index contributed by atoms with van der Waals surface area (Å²) in [5, 5.41) is 0. The Morgan fingerprint density at radius 2 is 1.46 bits per heavy atom. The zero-order valence-electron chi connectivity index (χ0n) is 21.0. The molecule has 0 bridgehead atoms. The van der Waals surface area contributed by atoms with Gasteiger partial charge in [0.15, 0.2) is 11.6 Å². The fraction of sp³-hybridized carbons (Fsp3) is 0.400. The molecule has 37 heavy (non-hydrogen) atoms. The van der Waals surface area contributed by atoms with Crippen molar-refractivity contribution >= 4 is 0 Å².